The quantitative estimate of drug-likeness (QED) is 0.120. The molecule has 1 aromatic heterocycles. The fourth-order valence-corrected chi connectivity index (χ4v) is 5.82. The zero-order chi connectivity index (χ0) is 31.4. The third kappa shape index (κ3) is 11.3. The summed E-state index contributed by atoms with van der Waals surface area (Å²) in [4.78, 5) is 42.0. The number of pyridine rings is 1. The molecule has 0 unspecified atom stereocenters. The molecule has 11 heteroatoms. The minimum absolute atomic E-state index is 0.0973. The average Bonchev–Trinajstić information content (AvgIpc) is 3.30. The molecule has 0 atom stereocenters. The number of unbranched alkanes of at least 4 members (excludes halogenated alkanes) is 4. The number of rotatable bonds is 15. The molecule has 4 rings (SSSR count). The largest absolute Gasteiger partial charge is 0.748 e. The molecule has 2 amide bonds. The van der Waals surface area contributed by atoms with E-state index in [1.54, 1.807) is 0 Å². The number of hydrogen-bond donors (Lipinski definition) is 0. The van der Waals surface area contributed by atoms with Gasteiger partial charge in [-0.2, -0.15) is 0 Å². The number of nitrogens with zero attached hydrogens (tertiary/aromatic N) is 3. The Labute approximate surface area is 259 Å². The van der Waals surface area contributed by atoms with Gasteiger partial charge in [0.1, 0.15) is 6.54 Å². The third-order valence-corrected chi connectivity index (χ3v) is 8.44. The predicted octanol–water partition coefficient (Wildman–Crippen LogP) is 4.62. The summed E-state index contributed by atoms with van der Waals surface area (Å²) in [6.45, 7) is 1.62. The minimum Gasteiger partial charge on any atom is -0.748 e. The summed E-state index contributed by atoms with van der Waals surface area (Å²) in [6.07, 6.45) is 27.0. The molecule has 10 nitrogen and oxygen atoms in total. The Hall–Kier alpha value is -3.83. The Morgan fingerprint density at radius 3 is 2.32 bits per heavy atom. The standard InChI is InChI=1S/C33H41N3O7S/c37-31-11-12-32(38)36(31)43-33(39)10-3-1-4-17-34-19-13-27(14-20-34)24-29-8-7-9-30(26-29)25-28-15-21-35(22-16-28)18-5-2-6-23-44(40,41)42/h13-16,19-22,24-26H,1-12,17-18,23H2. The van der Waals surface area contributed by atoms with Gasteiger partial charge in [0, 0.05) is 62.5 Å². The van der Waals surface area contributed by atoms with Crippen LogP contribution in [-0.4, -0.2) is 53.0 Å². The maximum atomic E-state index is 11.9. The fraction of sp³-hybridized carbons (Fsp3) is 0.455. The first-order valence-corrected chi connectivity index (χ1v) is 17.0. The molecule has 1 aliphatic carbocycles. The Bertz CT molecular complexity index is 1420. The van der Waals surface area contributed by atoms with Crippen molar-refractivity contribution >= 4 is 34.0 Å². The maximum absolute atomic E-state index is 11.9. The van der Waals surface area contributed by atoms with Gasteiger partial charge in [0.05, 0.1) is 10.1 Å². The van der Waals surface area contributed by atoms with Crippen molar-refractivity contribution in [1.82, 2.24) is 9.96 Å². The molecule has 1 saturated heterocycles. The number of imide groups is 1. The van der Waals surface area contributed by atoms with Crippen LogP contribution in [0.3, 0.4) is 0 Å². The van der Waals surface area contributed by atoms with Gasteiger partial charge in [0.15, 0.2) is 12.4 Å². The highest BCUT2D eigenvalue weighted by Gasteiger charge is 2.32. The molecular formula is C33H41N3O7S. The van der Waals surface area contributed by atoms with Gasteiger partial charge in [0.25, 0.3) is 11.8 Å². The van der Waals surface area contributed by atoms with E-state index in [0.29, 0.717) is 24.3 Å². The monoisotopic (exact) mass is 623 g/mol. The molecule has 0 spiro atoms. The highest BCUT2D eigenvalue weighted by Crippen LogP contribution is 2.26. The second-order valence-electron chi connectivity index (χ2n) is 11.4. The summed E-state index contributed by atoms with van der Waals surface area (Å²) in [5, 5.41) is 0.598. The van der Waals surface area contributed by atoms with E-state index in [1.807, 2.05) is 12.4 Å². The van der Waals surface area contributed by atoms with Crippen LogP contribution in [-0.2, 0) is 35.9 Å². The average molecular weight is 624 g/mol. The van der Waals surface area contributed by atoms with Crippen LogP contribution >= 0.6 is 0 Å². The summed E-state index contributed by atoms with van der Waals surface area (Å²) in [5.74, 6) is -1.75. The molecule has 3 heterocycles. The number of amides is 2. The van der Waals surface area contributed by atoms with E-state index < -0.39 is 27.9 Å². The molecular weight excluding hydrogens is 582 g/mol. The number of hydrogen-bond acceptors (Lipinski definition) is 8. The number of aromatic nitrogens is 1. The summed E-state index contributed by atoms with van der Waals surface area (Å²) >= 11 is 0. The predicted molar refractivity (Wildman–Crippen MR) is 164 cm³/mol. The van der Waals surface area contributed by atoms with Gasteiger partial charge in [-0.25, -0.2) is 17.8 Å². The van der Waals surface area contributed by atoms with Crippen LogP contribution in [0.25, 0.3) is 6.08 Å². The van der Waals surface area contributed by atoms with Gasteiger partial charge in [-0.1, -0.05) is 24.6 Å². The summed E-state index contributed by atoms with van der Waals surface area (Å²) in [5.41, 5.74) is 4.89. The number of carbonyl (C=O) groups is 3. The van der Waals surface area contributed by atoms with Gasteiger partial charge in [-0.15, -0.1) is 5.06 Å². The highest BCUT2D eigenvalue weighted by molar-refractivity contribution is 7.85. The van der Waals surface area contributed by atoms with E-state index in [9.17, 15) is 27.4 Å². The SMILES string of the molecule is O=C(CCCCC[n+]1ccc(/C=C2/C=C(C=C3C=CN(CCCCCS(=O)(=O)[O-])C=C3)CCC2)cc1)ON1C(=O)CCC1=O. The van der Waals surface area contributed by atoms with E-state index in [1.165, 1.54) is 11.1 Å². The van der Waals surface area contributed by atoms with Crippen molar-refractivity contribution in [3.05, 3.63) is 83.5 Å². The van der Waals surface area contributed by atoms with Crippen molar-refractivity contribution in [3.8, 4) is 0 Å². The van der Waals surface area contributed by atoms with Crippen LogP contribution in [0.15, 0.2) is 77.9 Å². The fourth-order valence-electron chi connectivity index (χ4n) is 5.26. The topological polar surface area (TPSA) is 128 Å². The lowest BCUT2D eigenvalue weighted by Gasteiger charge is -2.19. The van der Waals surface area contributed by atoms with Crippen molar-refractivity contribution < 1.29 is 36.8 Å². The number of carbonyl (C=O) groups excluding carboxylic acids is 3. The first kappa shape index (κ1) is 33.1. The molecule has 0 N–H and O–H groups in total. The van der Waals surface area contributed by atoms with Gasteiger partial charge >= 0.3 is 5.97 Å². The summed E-state index contributed by atoms with van der Waals surface area (Å²) in [6, 6.07) is 4.21. The zero-order valence-electron chi connectivity index (χ0n) is 25.1. The van der Waals surface area contributed by atoms with Crippen molar-refractivity contribution in [2.45, 2.75) is 83.6 Å². The number of allylic oxidation sites excluding steroid dienone is 7. The molecule has 1 aromatic rings. The van der Waals surface area contributed by atoms with Crippen LogP contribution in [0.2, 0.25) is 0 Å². The Balaban J connectivity index is 1.17. The smallest absolute Gasteiger partial charge is 0.333 e. The first-order valence-electron chi connectivity index (χ1n) is 15.4. The minimum atomic E-state index is -4.12. The van der Waals surface area contributed by atoms with E-state index in [4.69, 9.17) is 4.84 Å². The Morgan fingerprint density at radius 1 is 0.909 bits per heavy atom. The Kier molecular flexibility index (Phi) is 12.3. The molecule has 236 valence electrons. The van der Waals surface area contributed by atoms with Gasteiger partial charge in [-0.05, 0) is 79.4 Å². The molecule has 2 aliphatic heterocycles. The van der Waals surface area contributed by atoms with E-state index in [-0.39, 0.29) is 25.0 Å². The summed E-state index contributed by atoms with van der Waals surface area (Å²) in [7, 11) is -4.12. The van der Waals surface area contributed by atoms with Crippen LogP contribution in [0.1, 0.15) is 82.6 Å². The van der Waals surface area contributed by atoms with E-state index in [2.05, 4.69) is 64.4 Å². The van der Waals surface area contributed by atoms with Gasteiger partial charge < -0.3 is 14.3 Å². The van der Waals surface area contributed by atoms with Gasteiger partial charge in [0.2, 0.25) is 0 Å². The third-order valence-electron chi connectivity index (χ3n) is 7.65. The lowest BCUT2D eigenvalue weighted by atomic mass is 9.92. The van der Waals surface area contributed by atoms with E-state index >= 15 is 0 Å². The van der Waals surface area contributed by atoms with Crippen LogP contribution < -0.4 is 4.57 Å². The van der Waals surface area contributed by atoms with Crippen molar-refractivity contribution in [2.75, 3.05) is 12.3 Å². The molecule has 0 radical (unpaired) electrons. The molecule has 0 bridgehead atoms. The Morgan fingerprint density at radius 2 is 1.61 bits per heavy atom. The molecule has 1 fully saturated rings. The lowest BCUT2D eigenvalue weighted by molar-refractivity contribution is -0.697. The highest BCUT2D eigenvalue weighted by atomic mass is 32.2. The number of hydroxylamine groups is 2. The van der Waals surface area contributed by atoms with Crippen LogP contribution in [0.4, 0.5) is 0 Å². The second-order valence-corrected chi connectivity index (χ2v) is 12.9. The van der Waals surface area contributed by atoms with Crippen molar-refractivity contribution in [3.63, 3.8) is 0 Å². The zero-order valence-corrected chi connectivity index (χ0v) is 25.9. The maximum Gasteiger partial charge on any atom is 0.333 e. The van der Waals surface area contributed by atoms with Gasteiger partial charge in [-0.3, -0.25) is 9.59 Å². The molecule has 0 saturated carbocycles. The normalized spacial score (nSPS) is 17.9. The summed E-state index contributed by atoms with van der Waals surface area (Å²) < 4.78 is 34.2. The molecule has 0 aromatic carbocycles. The number of aryl methyl sites for hydroxylation is 1. The lowest BCUT2D eigenvalue weighted by Crippen LogP contribution is -2.32. The second kappa shape index (κ2) is 16.3. The van der Waals surface area contributed by atoms with E-state index in [0.717, 1.165) is 62.8 Å². The van der Waals surface area contributed by atoms with Crippen LogP contribution in [0, 0.1) is 0 Å². The molecule has 3 aliphatic rings. The first-order chi connectivity index (χ1) is 21.1. The van der Waals surface area contributed by atoms with Crippen LogP contribution in [0.5, 0.6) is 0 Å². The molecule has 44 heavy (non-hydrogen) atoms. The van der Waals surface area contributed by atoms with Crippen molar-refractivity contribution in [2.24, 2.45) is 0 Å². The van der Waals surface area contributed by atoms with Crippen molar-refractivity contribution in [1.29, 1.82) is 0 Å².